The molecule has 132 valence electrons. The number of rotatable bonds is 6. The zero-order chi connectivity index (χ0) is 17.5. The van der Waals surface area contributed by atoms with Crippen LogP contribution in [0.25, 0.3) is 0 Å². The fourth-order valence-electron chi connectivity index (χ4n) is 2.60. The second kappa shape index (κ2) is 8.87. The first-order chi connectivity index (χ1) is 12.2. The molecule has 1 fully saturated rings. The molecular formula is C19H21FN2O2S. The van der Waals surface area contributed by atoms with Crippen molar-refractivity contribution in [1.29, 1.82) is 0 Å². The van der Waals surface area contributed by atoms with E-state index in [1.807, 2.05) is 30.0 Å². The van der Waals surface area contributed by atoms with E-state index in [2.05, 4.69) is 10.6 Å². The maximum atomic E-state index is 12.9. The lowest BCUT2D eigenvalue weighted by Crippen LogP contribution is -2.39. The molecule has 1 heterocycles. The maximum absolute atomic E-state index is 12.9. The average Bonchev–Trinajstić information content (AvgIpc) is 2.62. The number of hydrogen-bond acceptors (Lipinski definition) is 4. The SMILES string of the molecule is O=C(CC1CSCCN1)Nc1cccc(OCc2ccc(F)cc2)c1. The van der Waals surface area contributed by atoms with Crippen LogP contribution in [-0.2, 0) is 11.4 Å². The molecule has 6 heteroatoms. The van der Waals surface area contributed by atoms with Gasteiger partial charge in [-0.3, -0.25) is 4.79 Å². The van der Waals surface area contributed by atoms with Crippen LogP contribution < -0.4 is 15.4 Å². The molecule has 2 aromatic rings. The molecule has 0 aliphatic carbocycles. The Labute approximate surface area is 151 Å². The standard InChI is InChI=1S/C19H21FN2O2S/c20-15-6-4-14(5-7-15)12-24-18-3-1-2-16(10-18)22-19(23)11-17-13-25-9-8-21-17/h1-7,10,17,21H,8-9,11-13H2,(H,22,23). The number of carbonyl (C=O) groups is 1. The Balaban J connectivity index is 1.51. The molecule has 1 aliphatic rings. The van der Waals surface area contributed by atoms with Crippen molar-refractivity contribution in [2.75, 3.05) is 23.4 Å². The molecule has 1 aliphatic heterocycles. The van der Waals surface area contributed by atoms with Gasteiger partial charge in [-0.2, -0.15) is 11.8 Å². The highest BCUT2D eigenvalue weighted by atomic mass is 32.2. The molecular weight excluding hydrogens is 339 g/mol. The molecule has 3 rings (SSSR count). The van der Waals surface area contributed by atoms with E-state index in [1.54, 1.807) is 18.2 Å². The van der Waals surface area contributed by atoms with Gasteiger partial charge in [-0.25, -0.2) is 4.39 Å². The van der Waals surface area contributed by atoms with Crippen LogP contribution in [0, 0.1) is 5.82 Å². The van der Waals surface area contributed by atoms with Gasteiger partial charge in [0, 0.05) is 42.3 Å². The van der Waals surface area contributed by atoms with Gasteiger partial charge in [-0.1, -0.05) is 18.2 Å². The van der Waals surface area contributed by atoms with Crippen molar-refractivity contribution in [3.63, 3.8) is 0 Å². The third kappa shape index (κ3) is 5.76. The van der Waals surface area contributed by atoms with Gasteiger partial charge in [0.05, 0.1) is 0 Å². The summed E-state index contributed by atoms with van der Waals surface area (Å²) in [5, 5.41) is 6.27. The van der Waals surface area contributed by atoms with Crippen molar-refractivity contribution in [2.45, 2.75) is 19.1 Å². The summed E-state index contributed by atoms with van der Waals surface area (Å²) in [5.74, 6) is 2.46. The molecule has 0 spiro atoms. The minimum absolute atomic E-state index is 0.00400. The summed E-state index contributed by atoms with van der Waals surface area (Å²) < 4.78 is 18.6. The van der Waals surface area contributed by atoms with Crippen LogP contribution in [0.4, 0.5) is 10.1 Å². The maximum Gasteiger partial charge on any atom is 0.225 e. The predicted molar refractivity (Wildman–Crippen MR) is 99.5 cm³/mol. The Morgan fingerprint density at radius 2 is 2.12 bits per heavy atom. The molecule has 0 radical (unpaired) electrons. The summed E-state index contributed by atoms with van der Waals surface area (Å²) in [6.45, 7) is 1.30. The van der Waals surface area contributed by atoms with Crippen LogP contribution in [0.3, 0.4) is 0 Å². The minimum atomic E-state index is -0.265. The third-order valence-electron chi connectivity index (χ3n) is 3.87. The van der Waals surface area contributed by atoms with E-state index in [1.165, 1.54) is 12.1 Å². The Morgan fingerprint density at radius 3 is 2.88 bits per heavy atom. The fraction of sp³-hybridized carbons (Fsp3) is 0.316. The Hall–Kier alpha value is -2.05. The monoisotopic (exact) mass is 360 g/mol. The van der Waals surface area contributed by atoms with Crippen molar-refractivity contribution in [3.8, 4) is 5.75 Å². The van der Waals surface area contributed by atoms with Crippen LogP contribution >= 0.6 is 11.8 Å². The lowest BCUT2D eigenvalue weighted by molar-refractivity contribution is -0.116. The van der Waals surface area contributed by atoms with Crippen molar-refractivity contribution in [3.05, 3.63) is 59.9 Å². The van der Waals surface area contributed by atoms with Crippen molar-refractivity contribution in [2.24, 2.45) is 0 Å². The number of hydrogen-bond donors (Lipinski definition) is 2. The van der Waals surface area contributed by atoms with E-state index in [9.17, 15) is 9.18 Å². The molecule has 0 saturated carbocycles. The molecule has 0 bridgehead atoms. The lowest BCUT2D eigenvalue weighted by Gasteiger charge is -2.22. The van der Waals surface area contributed by atoms with E-state index in [0.29, 0.717) is 24.5 Å². The first-order valence-corrected chi connectivity index (χ1v) is 9.43. The highest BCUT2D eigenvalue weighted by molar-refractivity contribution is 7.99. The number of halogens is 1. The number of amides is 1. The molecule has 1 unspecified atom stereocenters. The van der Waals surface area contributed by atoms with Crippen LogP contribution in [-0.4, -0.2) is 30.0 Å². The van der Waals surface area contributed by atoms with Crippen molar-refractivity contribution >= 4 is 23.4 Å². The summed E-state index contributed by atoms with van der Waals surface area (Å²) >= 11 is 1.87. The van der Waals surface area contributed by atoms with Gasteiger partial charge >= 0.3 is 0 Å². The molecule has 2 aromatic carbocycles. The number of benzene rings is 2. The van der Waals surface area contributed by atoms with Crippen molar-refractivity contribution in [1.82, 2.24) is 5.32 Å². The van der Waals surface area contributed by atoms with Crippen LogP contribution in [0.1, 0.15) is 12.0 Å². The minimum Gasteiger partial charge on any atom is -0.489 e. The van der Waals surface area contributed by atoms with Crippen LogP contribution in [0.2, 0.25) is 0 Å². The van der Waals surface area contributed by atoms with E-state index < -0.39 is 0 Å². The van der Waals surface area contributed by atoms with Gasteiger partial charge in [-0.15, -0.1) is 0 Å². The summed E-state index contributed by atoms with van der Waals surface area (Å²) in [4.78, 5) is 12.2. The van der Waals surface area contributed by atoms with Gasteiger partial charge in [0.1, 0.15) is 18.2 Å². The van der Waals surface area contributed by atoms with Crippen molar-refractivity contribution < 1.29 is 13.9 Å². The van der Waals surface area contributed by atoms with Gasteiger partial charge in [-0.05, 0) is 29.8 Å². The third-order valence-corrected chi connectivity index (χ3v) is 5.00. The lowest BCUT2D eigenvalue weighted by atomic mass is 10.2. The molecule has 2 N–H and O–H groups in total. The normalized spacial score (nSPS) is 17.1. The number of carbonyl (C=O) groups excluding carboxylic acids is 1. The molecule has 25 heavy (non-hydrogen) atoms. The van der Waals surface area contributed by atoms with Gasteiger partial charge < -0.3 is 15.4 Å². The van der Waals surface area contributed by atoms with E-state index >= 15 is 0 Å². The zero-order valence-electron chi connectivity index (χ0n) is 13.8. The van der Waals surface area contributed by atoms with Gasteiger partial charge in [0.15, 0.2) is 0 Å². The molecule has 1 saturated heterocycles. The van der Waals surface area contributed by atoms with Crippen LogP contribution in [0.5, 0.6) is 5.75 Å². The quantitative estimate of drug-likeness (QED) is 0.829. The average molecular weight is 360 g/mol. The van der Waals surface area contributed by atoms with Crippen LogP contribution in [0.15, 0.2) is 48.5 Å². The smallest absolute Gasteiger partial charge is 0.225 e. The number of anilines is 1. The van der Waals surface area contributed by atoms with Gasteiger partial charge in [0.2, 0.25) is 5.91 Å². The zero-order valence-corrected chi connectivity index (χ0v) is 14.7. The summed E-state index contributed by atoms with van der Waals surface area (Å²) in [5.41, 5.74) is 1.60. The topological polar surface area (TPSA) is 50.4 Å². The Bertz CT molecular complexity index is 703. The fourth-order valence-corrected chi connectivity index (χ4v) is 3.55. The summed E-state index contributed by atoms with van der Waals surface area (Å²) in [6.07, 6.45) is 0.466. The van der Waals surface area contributed by atoms with E-state index in [-0.39, 0.29) is 17.8 Å². The number of nitrogens with one attached hydrogen (secondary N) is 2. The van der Waals surface area contributed by atoms with E-state index in [4.69, 9.17) is 4.74 Å². The summed E-state index contributed by atoms with van der Waals surface area (Å²) in [7, 11) is 0. The van der Waals surface area contributed by atoms with Gasteiger partial charge in [0.25, 0.3) is 0 Å². The Morgan fingerprint density at radius 1 is 1.28 bits per heavy atom. The summed E-state index contributed by atoms with van der Waals surface area (Å²) in [6, 6.07) is 13.7. The largest absolute Gasteiger partial charge is 0.489 e. The Kier molecular flexibility index (Phi) is 6.30. The number of thioether (sulfide) groups is 1. The highest BCUT2D eigenvalue weighted by Crippen LogP contribution is 2.19. The molecule has 1 amide bonds. The highest BCUT2D eigenvalue weighted by Gasteiger charge is 2.16. The molecule has 0 aromatic heterocycles. The molecule has 1 atom stereocenters. The second-order valence-corrected chi connectivity index (χ2v) is 7.07. The first kappa shape index (κ1) is 17.8. The first-order valence-electron chi connectivity index (χ1n) is 8.27. The molecule has 4 nitrogen and oxygen atoms in total. The number of ether oxygens (including phenoxy) is 1. The second-order valence-electron chi connectivity index (χ2n) is 5.92. The van der Waals surface area contributed by atoms with E-state index in [0.717, 1.165) is 23.6 Å². The predicted octanol–water partition coefficient (Wildman–Crippen LogP) is 3.44.